The predicted octanol–water partition coefficient (Wildman–Crippen LogP) is 3.61. The molecule has 2 aromatic carbocycles. The van der Waals surface area contributed by atoms with Gasteiger partial charge in [0.1, 0.15) is 0 Å². The quantitative estimate of drug-likeness (QED) is 0.705. The Hall–Kier alpha value is -1.50. The fourth-order valence-electron chi connectivity index (χ4n) is 2.94. The van der Waals surface area contributed by atoms with E-state index in [-0.39, 0.29) is 5.91 Å². The Morgan fingerprint density at radius 3 is 2.50 bits per heavy atom. The number of halogens is 1. The highest BCUT2D eigenvalue weighted by atomic mass is 79.9. The maximum atomic E-state index is 12.2. The molecule has 1 saturated heterocycles. The minimum Gasteiger partial charge on any atom is -0.369 e. The van der Waals surface area contributed by atoms with Crippen molar-refractivity contribution in [2.45, 2.75) is 11.4 Å². The largest absolute Gasteiger partial charge is 0.369 e. The molecule has 0 radical (unpaired) electrons. The summed E-state index contributed by atoms with van der Waals surface area (Å²) in [7, 11) is 2.16. The van der Waals surface area contributed by atoms with Gasteiger partial charge in [-0.05, 0) is 42.9 Å². The molecule has 0 unspecified atom stereocenters. The summed E-state index contributed by atoms with van der Waals surface area (Å²) in [5, 5.41) is 3.06. The third-order valence-corrected chi connectivity index (χ3v) is 6.04. The average molecular weight is 434 g/mol. The second-order valence-electron chi connectivity index (χ2n) is 6.44. The molecule has 0 bridgehead atoms. The summed E-state index contributed by atoms with van der Waals surface area (Å²) in [6, 6.07) is 16.4. The van der Waals surface area contributed by atoms with Crippen LogP contribution in [0, 0.1) is 0 Å². The molecule has 1 fully saturated rings. The first-order chi connectivity index (χ1) is 12.6. The molecule has 2 aromatic rings. The maximum absolute atomic E-state index is 12.2. The highest BCUT2D eigenvalue weighted by Gasteiger charge is 2.16. The Bertz CT molecular complexity index is 730. The second kappa shape index (κ2) is 9.44. The van der Waals surface area contributed by atoms with Crippen LogP contribution >= 0.6 is 27.7 Å². The standard InChI is InChI=1S/C20H24BrN3OS/c1-23-10-12-24(13-11-23)19-5-3-2-4-16(19)14-22-20(25)15-26-18-8-6-17(21)7-9-18/h2-9H,10-15H2,1H3,(H,22,25). The Labute approximate surface area is 168 Å². The van der Waals surface area contributed by atoms with Gasteiger partial charge < -0.3 is 15.1 Å². The van der Waals surface area contributed by atoms with E-state index in [0.29, 0.717) is 12.3 Å². The van der Waals surface area contributed by atoms with Gasteiger partial charge in [0.05, 0.1) is 5.75 Å². The third kappa shape index (κ3) is 5.50. The highest BCUT2D eigenvalue weighted by Crippen LogP contribution is 2.22. The molecule has 0 aromatic heterocycles. The predicted molar refractivity (Wildman–Crippen MR) is 113 cm³/mol. The van der Waals surface area contributed by atoms with Crippen molar-refractivity contribution >= 4 is 39.3 Å². The molecule has 138 valence electrons. The van der Waals surface area contributed by atoms with E-state index in [9.17, 15) is 4.79 Å². The van der Waals surface area contributed by atoms with Crippen molar-refractivity contribution in [1.29, 1.82) is 0 Å². The first-order valence-electron chi connectivity index (χ1n) is 8.78. The van der Waals surface area contributed by atoms with Gasteiger partial charge in [-0.25, -0.2) is 0 Å². The molecule has 3 rings (SSSR count). The molecule has 4 nitrogen and oxygen atoms in total. The normalized spacial score (nSPS) is 15.1. The number of benzene rings is 2. The van der Waals surface area contributed by atoms with Gasteiger partial charge in [0.15, 0.2) is 0 Å². The summed E-state index contributed by atoms with van der Waals surface area (Å²) < 4.78 is 1.05. The van der Waals surface area contributed by atoms with Crippen LogP contribution in [0.3, 0.4) is 0 Å². The average Bonchev–Trinajstić information content (AvgIpc) is 2.67. The number of piperazine rings is 1. The van der Waals surface area contributed by atoms with E-state index in [1.165, 1.54) is 11.3 Å². The number of nitrogens with one attached hydrogen (secondary N) is 1. The highest BCUT2D eigenvalue weighted by molar-refractivity contribution is 9.10. The molecule has 0 saturated carbocycles. The van der Waals surface area contributed by atoms with Crippen LogP contribution in [0.25, 0.3) is 0 Å². The minimum atomic E-state index is 0.0612. The van der Waals surface area contributed by atoms with Gasteiger partial charge in [0, 0.05) is 47.8 Å². The lowest BCUT2D eigenvalue weighted by Crippen LogP contribution is -2.45. The van der Waals surface area contributed by atoms with Crippen LogP contribution in [0.1, 0.15) is 5.56 Å². The van der Waals surface area contributed by atoms with E-state index in [1.54, 1.807) is 11.8 Å². The SMILES string of the molecule is CN1CCN(c2ccccc2CNC(=O)CSc2ccc(Br)cc2)CC1. The molecule has 1 aliphatic rings. The summed E-state index contributed by atoms with van der Waals surface area (Å²) in [5.41, 5.74) is 2.42. The molecule has 1 aliphatic heterocycles. The fraction of sp³-hybridized carbons (Fsp3) is 0.350. The number of amides is 1. The van der Waals surface area contributed by atoms with Gasteiger partial charge >= 0.3 is 0 Å². The van der Waals surface area contributed by atoms with Crippen molar-refractivity contribution < 1.29 is 4.79 Å². The van der Waals surface area contributed by atoms with Crippen LogP contribution in [0.2, 0.25) is 0 Å². The number of rotatable bonds is 6. The lowest BCUT2D eigenvalue weighted by atomic mass is 10.1. The van der Waals surface area contributed by atoms with Crippen molar-refractivity contribution in [2.75, 3.05) is 43.9 Å². The van der Waals surface area contributed by atoms with Crippen LogP contribution < -0.4 is 10.2 Å². The monoisotopic (exact) mass is 433 g/mol. The molecule has 1 heterocycles. The molecule has 1 amide bonds. The van der Waals surface area contributed by atoms with Crippen LogP contribution in [0.4, 0.5) is 5.69 Å². The molecular weight excluding hydrogens is 410 g/mol. The number of anilines is 1. The van der Waals surface area contributed by atoms with Gasteiger partial charge in [0.2, 0.25) is 5.91 Å². The topological polar surface area (TPSA) is 35.6 Å². The lowest BCUT2D eigenvalue weighted by molar-refractivity contribution is -0.118. The molecule has 26 heavy (non-hydrogen) atoms. The van der Waals surface area contributed by atoms with Gasteiger partial charge in [-0.3, -0.25) is 4.79 Å². The van der Waals surface area contributed by atoms with Crippen LogP contribution in [0.15, 0.2) is 57.9 Å². The zero-order valence-corrected chi connectivity index (χ0v) is 17.4. The molecule has 1 N–H and O–H groups in total. The third-order valence-electron chi connectivity index (χ3n) is 4.50. The summed E-state index contributed by atoms with van der Waals surface area (Å²) in [5.74, 6) is 0.490. The van der Waals surface area contributed by atoms with Crippen molar-refractivity contribution in [2.24, 2.45) is 0 Å². The number of nitrogens with zero attached hydrogens (tertiary/aromatic N) is 2. The summed E-state index contributed by atoms with van der Waals surface area (Å²) in [6.07, 6.45) is 0. The number of thioether (sulfide) groups is 1. The van der Waals surface area contributed by atoms with E-state index in [2.05, 4.69) is 56.3 Å². The minimum absolute atomic E-state index is 0.0612. The number of para-hydroxylation sites is 1. The van der Waals surface area contributed by atoms with Gasteiger partial charge in [-0.15, -0.1) is 11.8 Å². The Balaban J connectivity index is 1.52. The van der Waals surface area contributed by atoms with E-state index in [0.717, 1.165) is 35.5 Å². The summed E-state index contributed by atoms with van der Waals surface area (Å²) in [4.78, 5) is 18.1. The maximum Gasteiger partial charge on any atom is 0.230 e. The van der Waals surface area contributed by atoms with E-state index in [4.69, 9.17) is 0 Å². The molecule has 0 atom stereocenters. The fourth-order valence-corrected chi connectivity index (χ4v) is 3.93. The zero-order chi connectivity index (χ0) is 18.4. The van der Waals surface area contributed by atoms with Crippen molar-refractivity contribution in [3.8, 4) is 0 Å². The van der Waals surface area contributed by atoms with Crippen molar-refractivity contribution in [1.82, 2.24) is 10.2 Å². The Morgan fingerprint density at radius 1 is 1.08 bits per heavy atom. The van der Waals surface area contributed by atoms with Crippen LogP contribution in [-0.2, 0) is 11.3 Å². The number of carbonyl (C=O) groups is 1. The Kier molecular flexibility index (Phi) is 7.00. The molecular formula is C20H24BrN3OS. The number of hydrogen-bond donors (Lipinski definition) is 1. The zero-order valence-electron chi connectivity index (χ0n) is 15.0. The first-order valence-corrected chi connectivity index (χ1v) is 10.6. The number of hydrogen-bond acceptors (Lipinski definition) is 4. The smallest absolute Gasteiger partial charge is 0.230 e. The van der Waals surface area contributed by atoms with E-state index < -0.39 is 0 Å². The van der Waals surface area contributed by atoms with Crippen LogP contribution in [0.5, 0.6) is 0 Å². The lowest BCUT2D eigenvalue weighted by Gasteiger charge is -2.35. The van der Waals surface area contributed by atoms with E-state index in [1.807, 2.05) is 30.3 Å². The Morgan fingerprint density at radius 2 is 1.77 bits per heavy atom. The molecule has 0 spiro atoms. The number of likely N-dealkylation sites (N-methyl/N-ethyl adjacent to an activating group) is 1. The van der Waals surface area contributed by atoms with E-state index >= 15 is 0 Å². The summed E-state index contributed by atoms with van der Waals surface area (Å²) in [6.45, 7) is 4.78. The van der Waals surface area contributed by atoms with Gasteiger partial charge in [-0.2, -0.15) is 0 Å². The van der Waals surface area contributed by atoms with Crippen molar-refractivity contribution in [3.63, 3.8) is 0 Å². The number of carbonyl (C=O) groups excluding carboxylic acids is 1. The summed E-state index contributed by atoms with van der Waals surface area (Å²) >= 11 is 4.98. The van der Waals surface area contributed by atoms with Gasteiger partial charge in [0.25, 0.3) is 0 Å². The van der Waals surface area contributed by atoms with Gasteiger partial charge in [-0.1, -0.05) is 34.1 Å². The molecule has 0 aliphatic carbocycles. The van der Waals surface area contributed by atoms with Crippen molar-refractivity contribution in [3.05, 3.63) is 58.6 Å². The first kappa shape index (κ1) is 19.3. The van der Waals surface area contributed by atoms with Crippen LogP contribution in [-0.4, -0.2) is 49.8 Å². The second-order valence-corrected chi connectivity index (χ2v) is 8.40. The molecule has 6 heteroatoms.